The third-order valence-corrected chi connectivity index (χ3v) is 3.89. The van der Waals surface area contributed by atoms with Crippen molar-refractivity contribution >= 4 is 16.9 Å². The van der Waals surface area contributed by atoms with Crippen LogP contribution < -0.4 is 4.74 Å². The lowest BCUT2D eigenvalue weighted by Gasteiger charge is -2.13. The number of hydrogen-bond donors (Lipinski definition) is 1. The largest absolute Gasteiger partial charge is 0.505 e. The SMILES string of the molecule is CC(=O)Oc1cc2c(F)c(O)ccc2n1Cc1ccc(F)c(C(F)(F)F)c1. The molecule has 1 aromatic heterocycles. The van der Waals surface area contributed by atoms with Crippen LogP contribution in [0.25, 0.3) is 10.9 Å². The first kappa shape index (κ1) is 18.7. The second-order valence-corrected chi connectivity index (χ2v) is 5.81. The molecule has 1 N–H and O–H groups in total. The van der Waals surface area contributed by atoms with E-state index in [0.717, 1.165) is 25.1 Å². The highest BCUT2D eigenvalue weighted by Crippen LogP contribution is 2.35. The van der Waals surface area contributed by atoms with Gasteiger partial charge in [-0.2, -0.15) is 13.2 Å². The number of aromatic hydroxyl groups is 1. The molecule has 0 atom stereocenters. The number of ether oxygens (including phenoxy) is 1. The maximum absolute atomic E-state index is 14.1. The first-order valence-electron chi connectivity index (χ1n) is 7.62. The van der Waals surface area contributed by atoms with Crippen LogP contribution in [0.15, 0.2) is 36.4 Å². The van der Waals surface area contributed by atoms with Crippen molar-refractivity contribution in [2.45, 2.75) is 19.6 Å². The Labute approximate surface area is 149 Å². The number of benzene rings is 2. The first-order valence-corrected chi connectivity index (χ1v) is 7.62. The van der Waals surface area contributed by atoms with Crippen LogP contribution in [0.1, 0.15) is 18.1 Å². The van der Waals surface area contributed by atoms with Crippen molar-refractivity contribution in [1.29, 1.82) is 0 Å². The van der Waals surface area contributed by atoms with Crippen molar-refractivity contribution in [3.05, 3.63) is 59.2 Å². The van der Waals surface area contributed by atoms with Crippen LogP contribution in [0.2, 0.25) is 0 Å². The molecule has 0 aliphatic heterocycles. The van der Waals surface area contributed by atoms with E-state index in [1.54, 1.807) is 0 Å². The minimum absolute atomic E-state index is 0.0584. The van der Waals surface area contributed by atoms with E-state index in [-0.39, 0.29) is 28.9 Å². The van der Waals surface area contributed by atoms with E-state index in [2.05, 4.69) is 0 Å². The third-order valence-electron chi connectivity index (χ3n) is 3.89. The summed E-state index contributed by atoms with van der Waals surface area (Å²) in [5, 5.41) is 9.41. The van der Waals surface area contributed by atoms with Crippen molar-refractivity contribution in [3.8, 4) is 11.6 Å². The standard InChI is InChI=1S/C18H12F5NO3/c1-9(25)27-16-7-11-14(4-5-15(26)17(11)20)24(16)8-10-2-3-13(19)12(6-10)18(21,22)23/h2-7,26H,8H2,1H3. The van der Waals surface area contributed by atoms with E-state index < -0.39 is 35.1 Å². The molecule has 142 valence electrons. The highest BCUT2D eigenvalue weighted by atomic mass is 19.4. The number of fused-ring (bicyclic) bond motifs is 1. The fourth-order valence-electron chi connectivity index (χ4n) is 2.73. The molecule has 0 saturated carbocycles. The number of carbonyl (C=O) groups is 1. The highest BCUT2D eigenvalue weighted by molar-refractivity contribution is 5.85. The summed E-state index contributed by atoms with van der Waals surface area (Å²) in [7, 11) is 0. The Kier molecular flexibility index (Phi) is 4.54. The van der Waals surface area contributed by atoms with E-state index in [4.69, 9.17) is 4.74 Å². The van der Waals surface area contributed by atoms with Crippen molar-refractivity contribution in [2.24, 2.45) is 0 Å². The van der Waals surface area contributed by atoms with Crippen LogP contribution in [0.4, 0.5) is 22.0 Å². The van der Waals surface area contributed by atoms with Crippen LogP contribution in [-0.4, -0.2) is 15.6 Å². The number of carbonyl (C=O) groups excluding carboxylic acids is 1. The predicted octanol–water partition coefficient (Wildman–Crippen LogP) is 4.62. The quantitative estimate of drug-likeness (QED) is 0.529. The van der Waals surface area contributed by atoms with Gasteiger partial charge in [0, 0.05) is 18.4 Å². The molecule has 1 heterocycles. The lowest BCUT2D eigenvalue weighted by Crippen LogP contribution is -2.11. The highest BCUT2D eigenvalue weighted by Gasteiger charge is 2.34. The number of rotatable bonds is 3. The van der Waals surface area contributed by atoms with Crippen LogP contribution >= 0.6 is 0 Å². The molecule has 0 radical (unpaired) electrons. The predicted molar refractivity (Wildman–Crippen MR) is 85.4 cm³/mol. The van der Waals surface area contributed by atoms with Gasteiger partial charge in [0.25, 0.3) is 0 Å². The Morgan fingerprint density at radius 1 is 1.15 bits per heavy atom. The Bertz CT molecular complexity index is 1040. The molecule has 27 heavy (non-hydrogen) atoms. The van der Waals surface area contributed by atoms with Crippen molar-refractivity contribution in [1.82, 2.24) is 4.57 Å². The molecule has 9 heteroatoms. The van der Waals surface area contributed by atoms with E-state index in [1.165, 1.54) is 10.6 Å². The van der Waals surface area contributed by atoms with Gasteiger partial charge in [-0.1, -0.05) is 6.07 Å². The van der Waals surface area contributed by atoms with Crippen LogP contribution in [0, 0.1) is 11.6 Å². The molecule has 0 saturated heterocycles. The van der Waals surface area contributed by atoms with Crippen molar-refractivity contribution in [3.63, 3.8) is 0 Å². The summed E-state index contributed by atoms with van der Waals surface area (Å²) in [4.78, 5) is 11.3. The average Bonchev–Trinajstić information content (AvgIpc) is 2.89. The zero-order valence-corrected chi connectivity index (χ0v) is 13.8. The topological polar surface area (TPSA) is 51.5 Å². The maximum Gasteiger partial charge on any atom is 0.419 e. The van der Waals surface area contributed by atoms with Gasteiger partial charge in [-0.15, -0.1) is 0 Å². The first-order chi connectivity index (χ1) is 12.6. The molecule has 0 bridgehead atoms. The fourth-order valence-corrected chi connectivity index (χ4v) is 2.73. The number of alkyl halides is 3. The summed E-state index contributed by atoms with van der Waals surface area (Å²) < 4.78 is 72.6. The summed E-state index contributed by atoms with van der Waals surface area (Å²) in [6, 6.07) is 6.01. The van der Waals surface area contributed by atoms with E-state index in [9.17, 15) is 31.9 Å². The molecule has 3 rings (SSSR count). The Hall–Kier alpha value is -3.10. The van der Waals surface area contributed by atoms with E-state index in [1.807, 2.05) is 0 Å². The number of phenolic OH excluding ortho intramolecular Hbond substituents is 1. The molecule has 0 fully saturated rings. The summed E-state index contributed by atoms with van der Waals surface area (Å²) in [6.45, 7) is 0.856. The Balaban J connectivity index is 2.14. The number of hydrogen-bond acceptors (Lipinski definition) is 3. The number of aromatic nitrogens is 1. The molecule has 0 amide bonds. The van der Waals surface area contributed by atoms with E-state index in [0.29, 0.717) is 12.1 Å². The van der Waals surface area contributed by atoms with Gasteiger partial charge in [-0.25, -0.2) is 8.78 Å². The average molecular weight is 385 g/mol. The zero-order chi connectivity index (χ0) is 19.9. The molecule has 0 aliphatic rings. The van der Waals surface area contributed by atoms with E-state index >= 15 is 0 Å². The minimum atomic E-state index is -4.88. The molecular weight excluding hydrogens is 373 g/mol. The maximum atomic E-state index is 14.1. The zero-order valence-electron chi connectivity index (χ0n) is 13.8. The number of halogens is 5. The minimum Gasteiger partial charge on any atom is -0.505 e. The number of nitrogens with zero attached hydrogens (tertiary/aromatic N) is 1. The smallest absolute Gasteiger partial charge is 0.419 e. The molecule has 3 aromatic rings. The van der Waals surface area contributed by atoms with Crippen LogP contribution in [0.5, 0.6) is 11.6 Å². The molecule has 0 aliphatic carbocycles. The summed E-state index contributed by atoms with van der Waals surface area (Å²) >= 11 is 0. The molecule has 0 spiro atoms. The number of esters is 1. The second kappa shape index (κ2) is 6.57. The Morgan fingerprint density at radius 2 is 1.85 bits per heavy atom. The summed E-state index contributed by atoms with van der Waals surface area (Å²) in [5.74, 6) is -3.86. The monoisotopic (exact) mass is 385 g/mol. The van der Waals surface area contributed by atoms with Crippen molar-refractivity contribution in [2.75, 3.05) is 0 Å². The van der Waals surface area contributed by atoms with Gasteiger partial charge in [0.1, 0.15) is 5.82 Å². The lowest BCUT2D eigenvalue weighted by atomic mass is 10.1. The van der Waals surface area contributed by atoms with Gasteiger partial charge in [0.15, 0.2) is 11.6 Å². The van der Waals surface area contributed by atoms with Gasteiger partial charge in [0.05, 0.1) is 17.6 Å². The molecular formula is C18H12F5NO3. The van der Waals surface area contributed by atoms with Gasteiger partial charge in [-0.05, 0) is 29.8 Å². The summed E-state index contributed by atoms with van der Waals surface area (Å²) in [6.07, 6.45) is -4.88. The van der Waals surface area contributed by atoms with Gasteiger partial charge >= 0.3 is 12.1 Å². The third kappa shape index (κ3) is 3.57. The van der Waals surface area contributed by atoms with Crippen LogP contribution in [-0.2, 0) is 17.5 Å². The normalized spacial score (nSPS) is 11.8. The van der Waals surface area contributed by atoms with Gasteiger partial charge < -0.3 is 14.4 Å². The molecule has 2 aromatic carbocycles. The second-order valence-electron chi connectivity index (χ2n) is 5.81. The lowest BCUT2D eigenvalue weighted by molar-refractivity contribution is -0.140. The Morgan fingerprint density at radius 3 is 2.48 bits per heavy atom. The molecule has 0 unspecified atom stereocenters. The fraction of sp³-hybridized carbons (Fsp3) is 0.167. The summed E-state index contributed by atoms with van der Waals surface area (Å²) in [5.41, 5.74) is -1.20. The molecule has 4 nitrogen and oxygen atoms in total. The van der Waals surface area contributed by atoms with Crippen molar-refractivity contribution < 1.29 is 36.6 Å². The van der Waals surface area contributed by atoms with Crippen LogP contribution in [0.3, 0.4) is 0 Å². The van der Waals surface area contributed by atoms with Gasteiger partial charge in [-0.3, -0.25) is 4.79 Å². The van der Waals surface area contributed by atoms with Gasteiger partial charge in [0.2, 0.25) is 5.88 Å². The number of phenols is 1.